The molecule has 2 rings (SSSR count). The minimum Gasteiger partial charge on any atom is -0.425 e. The fourth-order valence-corrected chi connectivity index (χ4v) is 2.28. The van der Waals surface area contributed by atoms with Crippen LogP contribution in [-0.4, -0.2) is 15.1 Å². The molecule has 118 valence electrons. The van der Waals surface area contributed by atoms with Crippen LogP contribution in [-0.2, 0) is 18.9 Å². The topological polar surface area (TPSA) is 70.3 Å². The number of carbonyl (C=O) groups is 1. The molecule has 0 atom stereocenters. The molecule has 0 N–H and O–H groups in total. The maximum absolute atomic E-state index is 12.5. The molecular weight excluding hydrogens is 284 g/mol. The van der Waals surface area contributed by atoms with Crippen molar-refractivity contribution < 1.29 is 9.53 Å². The number of esters is 1. The van der Waals surface area contributed by atoms with E-state index in [0.717, 1.165) is 12.1 Å². The van der Waals surface area contributed by atoms with Crippen molar-refractivity contribution in [3.8, 4) is 5.75 Å². The number of fused-ring (bicyclic) bond motifs is 1. The van der Waals surface area contributed by atoms with E-state index in [9.17, 15) is 14.4 Å². The van der Waals surface area contributed by atoms with E-state index in [-0.39, 0.29) is 28.7 Å². The average molecular weight is 304 g/mol. The Kier molecular flexibility index (Phi) is 4.49. The molecule has 0 spiro atoms. The summed E-state index contributed by atoms with van der Waals surface area (Å²) in [7, 11) is 3.23. The second kappa shape index (κ2) is 6.17. The largest absolute Gasteiger partial charge is 0.425 e. The van der Waals surface area contributed by atoms with E-state index < -0.39 is 5.97 Å². The third-order valence-electron chi connectivity index (χ3n) is 3.80. The van der Waals surface area contributed by atoms with Crippen molar-refractivity contribution in [2.45, 2.75) is 33.1 Å². The number of hydrogen-bond donors (Lipinski definition) is 0. The van der Waals surface area contributed by atoms with Gasteiger partial charge in [0.25, 0.3) is 11.1 Å². The fourth-order valence-electron chi connectivity index (χ4n) is 2.28. The van der Waals surface area contributed by atoms with E-state index in [4.69, 9.17) is 4.74 Å². The van der Waals surface area contributed by atoms with Gasteiger partial charge in [-0.3, -0.25) is 14.4 Å². The molecule has 6 nitrogen and oxygen atoms in total. The quantitative estimate of drug-likeness (QED) is 0.805. The van der Waals surface area contributed by atoms with Crippen molar-refractivity contribution in [2.24, 2.45) is 14.1 Å². The number of nitrogens with zero attached hydrogens (tertiary/aromatic N) is 2. The lowest BCUT2D eigenvalue weighted by Gasteiger charge is -2.13. The van der Waals surface area contributed by atoms with E-state index >= 15 is 0 Å². The molecule has 2 heterocycles. The molecule has 0 aromatic carbocycles. The number of aromatic nitrogens is 2. The van der Waals surface area contributed by atoms with Gasteiger partial charge in [-0.25, -0.2) is 0 Å². The standard InChI is InChI=1S/C16H20N2O4/c1-5-6-7-14(20)22-12-9-13(19)18(4)11-8-10(2)17(3)16(21)15(11)12/h8-9H,5-7H2,1-4H3. The SMILES string of the molecule is CCCCC(=O)Oc1cc(=O)n(C)c2cc(C)n(C)c(=O)c12. The molecular formula is C16H20N2O4. The Hall–Kier alpha value is -2.37. The minimum atomic E-state index is -0.431. The number of ether oxygens (including phenoxy) is 1. The highest BCUT2D eigenvalue weighted by Crippen LogP contribution is 2.21. The molecule has 22 heavy (non-hydrogen) atoms. The van der Waals surface area contributed by atoms with Gasteiger partial charge in [0.1, 0.15) is 5.39 Å². The summed E-state index contributed by atoms with van der Waals surface area (Å²) in [6, 6.07) is 2.93. The van der Waals surface area contributed by atoms with Crippen molar-refractivity contribution in [1.29, 1.82) is 0 Å². The first-order chi connectivity index (χ1) is 10.4. The van der Waals surface area contributed by atoms with Gasteiger partial charge in [-0.2, -0.15) is 0 Å². The third-order valence-corrected chi connectivity index (χ3v) is 3.80. The summed E-state index contributed by atoms with van der Waals surface area (Å²) < 4.78 is 8.13. The van der Waals surface area contributed by atoms with Crippen LogP contribution in [0, 0.1) is 6.92 Å². The average Bonchev–Trinajstić information content (AvgIpc) is 2.47. The van der Waals surface area contributed by atoms with Crippen molar-refractivity contribution in [3.05, 3.63) is 38.5 Å². The highest BCUT2D eigenvalue weighted by atomic mass is 16.5. The Labute approximate surface area is 127 Å². The Bertz CT molecular complexity index is 846. The van der Waals surface area contributed by atoms with Crippen LogP contribution in [0.2, 0.25) is 0 Å². The molecule has 0 unspecified atom stereocenters. The molecule has 0 fully saturated rings. The van der Waals surface area contributed by atoms with Crippen LogP contribution in [0.5, 0.6) is 5.75 Å². The van der Waals surface area contributed by atoms with Crippen LogP contribution in [0.4, 0.5) is 0 Å². The van der Waals surface area contributed by atoms with Crippen LogP contribution in [0.25, 0.3) is 10.9 Å². The highest BCUT2D eigenvalue weighted by Gasteiger charge is 2.16. The summed E-state index contributed by atoms with van der Waals surface area (Å²) in [6.45, 7) is 3.75. The van der Waals surface area contributed by atoms with Crippen LogP contribution in [0.1, 0.15) is 31.9 Å². The normalized spacial score (nSPS) is 10.9. The van der Waals surface area contributed by atoms with Crippen LogP contribution in [0.3, 0.4) is 0 Å². The second-order valence-electron chi connectivity index (χ2n) is 5.39. The predicted molar refractivity (Wildman–Crippen MR) is 84.3 cm³/mol. The van der Waals surface area contributed by atoms with Gasteiger partial charge in [0.05, 0.1) is 5.52 Å². The second-order valence-corrected chi connectivity index (χ2v) is 5.39. The first kappa shape index (κ1) is 16.0. The monoisotopic (exact) mass is 304 g/mol. The summed E-state index contributed by atoms with van der Waals surface area (Å²) in [4.78, 5) is 36.3. The highest BCUT2D eigenvalue weighted by molar-refractivity contribution is 5.87. The Morgan fingerprint density at radius 3 is 2.50 bits per heavy atom. The number of aryl methyl sites for hydroxylation is 2. The van der Waals surface area contributed by atoms with Crippen LogP contribution in [0.15, 0.2) is 21.7 Å². The van der Waals surface area contributed by atoms with E-state index in [0.29, 0.717) is 11.9 Å². The zero-order valence-electron chi connectivity index (χ0n) is 13.3. The molecule has 0 saturated heterocycles. The lowest BCUT2D eigenvalue weighted by Crippen LogP contribution is -2.25. The first-order valence-electron chi connectivity index (χ1n) is 7.27. The molecule has 2 aromatic rings. The molecule has 2 aromatic heterocycles. The lowest BCUT2D eigenvalue weighted by atomic mass is 10.2. The summed E-state index contributed by atoms with van der Waals surface area (Å²) in [5.74, 6) is -0.390. The maximum atomic E-state index is 12.5. The van der Waals surface area contributed by atoms with Crippen molar-refractivity contribution in [2.75, 3.05) is 0 Å². The van der Waals surface area contributed by atoms with Crippen LogP contribution >= 0.6 is 0 Å². The fraction of sp³-hybridized carbons (Fsp3) is 0.438. The van der Waals surface area contributed by atoms with Gasteiger partial charge in [-0.1, -0.05) is 13.3 Å². The number of hydrogen-bond acceptors (Lipinski definition) is 4. The van der Waals surface area contributed by atoms with Crippen LogP contribution < -0.4 is 15.9 Å². The van der Waals surface area contributed by atoms with Gasteiger partial charge in [0.2, 0.25) is 0 Å². The number of unbranched alkanes of at least 4 members (excludes halogenated alkanes) is 1. The van der Waals surface area contributed by atoms with Gasteiger partial charge in [0, 0.05) is 32.3 Å². The van der Waals surface area contributed by atoms with Gasteiger partial charge in [-0.15, -0.1) is 0 Å². The molecule has 0 amide bonds. The van der Waals surface area contributed by atoms with Crippen molar-refractivity contribution in [3.63, 3.8) is 0 Å². The Morgan fingerprint density at radius 2 is 1.86 bits per heavy atom. The summed E-state index contributed by atoms with van der Waals surface area (Å²) in [5, 5.41) is 0.250. The lowest BCUT2D eigenvalue weighted by molar-refractivity contribution is -0.134. The molecule has 0 bridgehead atoms. The zero-order valence-corrected chi connectivity index (χ0v) is 13.3. The van der Waals surface area contributed by atoms with Gasteiger partial charge >= 0.3 is 5.97 Å². The summed E-state index contributed by atoms with van der Waals surface area (Å²) in [5.41, 5.74) is 0.579. The number of pyridine rings is 2. The number of rotatable bonds is 4. The predicted octanol–water partition coefficient (Wildman–Crippen LogP) is 1.64. The summed E-state index contributed by atoms with van der Waals surface area (Å²) in [6.07, 6.45) is 1.84. The molecule has 0 aliphatic heterocycles. The van der Waals surface area contributed by atoms with Gasteiger partial charge < -0.3 is 13.9 Å². The summed E-state index contributed by atoms with van der Waals surface area (Å²) >= 11 is 0. The minimum absolute atomic E-state index is 0.0415. The Balaban J connectivity index is 2.67. The van der Waals surface area contributed by atoms with E-state index in [2.05, 4.69) is 0 Å². The number of carbonyl (C=O) groups excluding carboxylic acids is 1. The molecule has 0 aliphatic carbocycles. The first-order valence-corrected chi connectivity index (χ1v) is 7.27. The van der Waals surface area contributed by atoms with E-state index in [1.54, 1.807) is 27.1 Å². The molecule has 0 saturated carbocycles. The van der Waals surface area contributed by atoms with Gasteiger partial charge in [0.15, 0.2) is 5.75 Å². The maximum Gasteiger partial charge on any atom is 0.311 e. The zero-order chi connectivity index (χ0) is 16.4. The van der Waals surface area contributed by atoms with E-state index in [1.165, 1.54) is 15.2 Å². The molecule has 0 aliphatic rings. The molecule has 0 radical (unpaired) electrons. The third kappa shape index (κ3) is 2.81. The smallest absolute Gasteiger partial charge is 0.311 e. The van der Waals surface area contributed by atoms with Crippen molar-refractivity contribution >= 4 is 16.9 Å². The Morgan fingerprint density at radius 1 is 1.18 bits per heavy atom. The van der Waals surface area contributed by atoms with E-state index in [1.807, 2.05) is 6.92 Å². The van der Waals surface area contributed by atoms with Crippen molar-refractivity contribution in [1.82, 2.24) is 9.13 Å². The van der Waals surface area contributed by atoms with Gasteiger partial charge in [-0.05, 0) is 19.4 Å². The molecule has 6 heteroatoms.